The van der Waals surface area contributed by atoms with Gasteiger partial charge in [0, 0.05) is 10.8 Å². The van der Waals surface area contributed by atoms with E-state index < -0.39 is 0 Å². The third kappa shape index (κ3) is 2.08. The fourth-order valence-corrected chi connectivity index (χ4v) is 8.99. The molecule has 0 aromatic rings. The van der Waals surface area contributed by atoms with Crippen molar-refractivity contribution in [1.82, 2.24) is 0 Å². The van der Waals surface area contributed by atoms with Crippen LogP contribution in [0, 0.1) is 39.9 Å². The predicted octanol–water partition coefficient (Wildman–Crippen LogP) is 5.67. The van der Waals surface area contributed by atoms with Crippen molar-refractivity contribution in [3.8, 4) is 0 Å². The van der Waals surface area contributed by atoms with Crippen molar-refractivity contribution in [2.24, 2.45) is 39.9 Å². The number of rotatable bonds is 1. The van der Waals surface area contributed by atoms with Gasteiger partial charge in [-0.05, 0) is 93.1 Å². The number of hydrogen-bond donors (Lipinski definition) is 0. The van der Waals surface area contributed by atoms with Crippen LogP contribution in [0.15, 0.2) is 23.8 Å². The summed E-state index contributed by atoms with van der Waals surface area (Å²) in [6.45, 7) is 6.77. The molecule has 0 amide bonds. The Balaban J connectivity index is 1.55. The zero-order chi connectivity index (χ0) is 19.0. The van der Waals surface area contributed by atoms with E-state index in [1.165, 1.54) is 50.5 Å². The Labute approximate surface area is 163 Å². The minimum absolute atomic E-state index is 0.0454. The van der Waals surface area contributed by atoms with Crippen molar-refractivity contribution < 1.29 is 9.59 Å². The summed E-state index contributed by atoms with van der Waals surface area (Å²) in [5, 5.41) is 0. The quantitative estimate of drug-likeness (QED) is 0.599. The third-order valence-electron chi connectivity index (χ3n) is 10.2. The SMILES string of the molecule is CC(=O)[C@@]12CCCC[C@@H]1C[C@H]1[C@@H]3CCC4=CC(=O)C=C[C@]4(C)[C@H]3CC[C@@]12C. The molecule has 0 unspecified atom stereocenters. The molecule has 0 bridgehead atoms. The summed E-state index contributed by atoms with van der Waals surface area (Å²) >= 11 is 0. The van der Waals surface area contributed by atoms with Gasteiger partial charge in [0.05, 0.1) is 0 Å². The number of ketones is 2. The first-order valence-electron chi connectivity index (χ1n) is 11.3. The Bertz CT molecular complexity index is 760. The molecule has 5 aliphatic carbocycles. The van der Waals surface area contributed by atoms with Crippen molar-refractivity contribution in [3.63, 3.8) is 0 Å². The Kier molecular flexibility index (Phi) is 3.76. The van der Waals surface area contributed by atoms with Crippen molar-refractivity contribution in [2.45, 2.75) is 78.6 Å². The first kappa shape index (κ1) is 17.9. The second-order valence-electron chi connectivity index (χ2n) is 10.8. The fraction of sp³-hybridized carbons (Fsp3) is 0.760. The lowest BCUT2D eigenvalue weighted by atomic mass is 9.44. The summed E-state index contributed by atoms with van der Waals surface area (Å²) < 4.78 is 0. The van der Waals surface area contributed by atoms with Crippen LogP contribution in [-0.2, 0) is 9.59 Å². The lowest BCUT2D eigenvalue weighted by molar-refractivity contribution is -0.147. The molecule has 0 aromatic carbocycles. The fourth-order valence-electron chi connectivity index (χ4n) is 8.99. The van der Waals surface area contributed by atoms with Gasteiger partial charge >= 0.3 is 0 Å². The monoisotopic (exact) mass is 366 g/mol. The molecule has 2 heteroatoms. The summed E-state index contributed by atoms with van der Waals surface area (Å²) in [6.07, 6.45) is 16.9. The van der Waals surface area contributed by atoms with Crippen LogP contribution in [0.25, 0.3) is 0 Å². The second-order valence-corrected chi connectivity index (χ2v) is 10.8. The van der Waals surface area contributed by atoms with Gasteiger partial charge in [-0.1, -0.05) is 38.3 Å². The highest BCUT2D eigenvalue weighted by Crippen LogP contribution is 2.73. The Morgan fingerprint density at radius 1 is 1.07 bits per heavy atom. The van der Waals surface area contributed by atoms with Crippen LogP contribution in [0.1, 0.15) is 78.6 Å². The van der Waals surface area contributed by atoms with Gasteiger partial charge in [-0.15, -0.1) is 0 Å². The van der Waals surface area contributed by atoms with Crippen molar-refractivity contribution in [1.29, 1.82) is 0 Å². The summed E-state index contributed by atoms with van der Waals surface area (Å²) in [5.41, 5.74) is 1.58. The van der Waals surface area contributed by atoms with Crippen LogP contribution < -0.4 is 0 Å². The molecule has 0 heterocycles. The summed E-state index contributed by atoms with van der Waals surface area (Å²) in [7, 11) is 0. The topological polar surface area (TPSA) is 34.1 Å². The number of hydrogen-bond acceptors (Lipinski definition) is 2. The van der Waals surface area contributed by atoms with Crippen LogP contribution in [0.5, 0.6) is 0 Å². The molecule has 0 spiro atoms. The minimum atomic E-state index is -0.0454. The van der Waals surface area contributed by atoms with Crippen LogP contribution in [0.4, 0.5) is 0 Å². The first-order valence-corrected chi connectivity index (χ1v) is 11.3. The van der Waals surface area contributed by atoms with Crippen molar-refractivity contribution in [2.75, 3.05) is 0 Å². The average Bonchev–Trinajstić information content (AvgIpc) is 2.92. The molecule has 5 rings (SSSR count). The van der Waals surface area contributed by atoms with Gasteiger partial charge in [0.15, 0.2) is 5.78 Å². The molecule has 7 atom stereocenters. The summed E-state index contributed by atoms with van der Waals surface area (Å²) in [4.78, 5) is 25.0. The van der Waals surface area contributed by atoms with Gasteiger partial charge in [-0.25, -0.2) is 0 Å². The number of fused-ring (bicyclic) bond motifs is 7. The number of carbonyl (C=O) groups excluding carboxylic acids is 2. The molecule has 0 aromatic heterocycles. The van der Waals surface area contributed by atoms with Gasteiger partial charge in [0.1, 0.15) is 5.78 Å². The molecule has 4 saturated carbocycles. The maximum absolute atomic E-state index is 13.1. The lowest BCUT2D eigenvalue weighted by Gasteiger charge is -2.59. The van der Waals surface area contributed by atoms with E-state index in [4.69, 9.17) is 0 Å². The normalized spacial score (nSPS) is 50.9. The molecule has 0 radical (unpaired) electrons. The molecular weight excluding hydrogens is 332 g/mol. The van der Waals surface area contributed by atoms with E-state index in [1.807, 2.05) is 19.1 Å². The summed E-state index contributed by atoms with van der Waals surface area (Å²) in [5.74, 6) is 3.32. The molecular formula is C25H34O2. The van der Waals surface area contributed by atoms with E-state index >= 15 is 0 Å². The maximum atomic E-state index is 13.1. The molecule has 2 nitrogen and oxygen atoms in total. The van der Waals surface area contributed by atoms with E-state index in [0.29, 0.717) is 29.5 Å². The Hall–Kier alpha value is -1.18. The van der Waals surface area contributed by atoms with Crippen LogP contribution in [0.2, 0.25) is 0 Å². The molecule has 0 saturated heterocycles. The average molecular weight is 367 g/mol. The number of allylic oxidation sites excluding steroid dienone is 4. The van der Waals surface area contributed by atoms with Crippen LogP contribution in [-0.4, -0.2) is 11.6 Å². The second kappa shape index (κ2) is 5.67. The lowest BCUT2D eigenvalue weighted by Crippen LogP contribution is -2.55. The first-order chi connectivity index (χ1) is 12.8. The molecule has 27 heavy (non-hydrogen) atoms. The van der Waals surface area contributed by atoms with E-state index in [9.17, 15) is 9.59 Å². The van der Waals surface area contributed by atoms with Crippen molar-refractivity contribution >= 4 is 11.6 Å². The Morgan fingerprint density at radius 2 is 1.89 bits per heavy atom. The van der Waals surface area contributed by atoms with E-state index in [1.54, 1.807) is 0 Å². The highest BCUT2D eigenvalue weighted by Gasteiger charge is 2.68. The zero-order valence-electron chi connectivity index (χ0n) is 17.2. The molecule has 0 aliphatic heterocycles. The van der Waals surface area contributed by atoms with Crippen molar-refractivity contribution in [3.05, 3.63) is 23.8 Å². The molecule has 5 aliphatic rings. The number of Topliss-reactive ketones (excluding diaryl/α,β-unsaturated/α-hetero) is 1. The molecule has 0 N–H and O–H groups in total. The van der Waals surface area contributed by atoms with Gasteiger partial charge in [-0.2, -0.15) is 0 Å². The standard InChI is InChI=1S/C25H34O2/c1-16(26)25-11-5-4-6-18(25)15-22-20-8-7-17-14-19(27)9-12-23(17,2)21(20)10-13-24(22,25)3/h9,12,14,18,20-22H,4-8,10-11,13,15H2,1-3H3/t18-,20-,21+,22+,23+,24+,25+/m1/s1. The molecule has 4 fully saturated rings. The highest BCUT2D eigenvalue weighted by atomic mass is 16.1. The van der Waals surface area contributed by atoms with E-state index in [2.05, 4.69) is 19.9 Å². The van der Waals surface area contributed by atoms with Gasteiger partial charge in [-0.3, -0.25) is 9.59 Å². The maximum Gasteiger partial charge on any atom is 0.178 e. The largest absolute Gasteiger partial charge is 0.299 e. The van der Waals surface area contributed by atoms with Crippen LogP contribution in [0.3, 0.4) is 0 Å². The zero-order valence-corrected chi connectivity index (χ0v) is 17.2. The van der Waals surface area contributed by atoms with Gasteiger partial charge < -0.3 is 0 Å². The van der Waals surface area contributed by atoms with Gasteiger partial charge in [0.2, 0.25) is 0 Å². The third-order valence-corrected chi connectivity index (χ3v) is 10.2. The van der Waals surface area contributed by atoms with Gasteiger partial charge in [0.25, 0.3) is 0 Å². The smallest absolute Gasteiger partial charge is 0.178 e. The highest BCUT2D eigenvalue weighted by molar-refractivity contribution is 6.01. The minimum Gasteiger partial charge on any atom is -0.299 e. The Morgan fingerprint density at radius 3 is 2.67 bits per heavy atom. The molecule has 146 valence electrons. The predicted molar refractivity (Wildman–Crippen MR) is 107 cm³/mol. The van der Waals surface area contributed by atoms with E-state index in [-0.39, 0.29) is 22.0 Å². The number of carbonyl (C=O) groups is 2. The van der Waals surface area contributed by atoms with Crippen LogP contribution >= 0.6 is 0 Å². The van der Waals surface area contributed by atoms with E-state index in [0.717, 1.165) is 12.8 Å². The summed E-state index contributed by atoms with van der Waals surface area (Å²) in [6, 6.07) is 0.